The van der Waals surface area contributed by atoms with Crippen LogP contribution in [-0.4, -0.2) is 40.6 Å². The lowest BCUT2D eigenvalue weighted by Crippen LogP contribution is -3.00. The summed E-state index contributed by atoms with van der Waals surface area (Å²) in [6.07, 6.45) is 5.08. The zero-order valence-electron chi connectivity index (χ0n) is 10.3. The van der Waals surface area contributed by atoms with Crippen LogP contribution in [0, 0.1) is 0 Å². The van der Waals surface area contributed by atoms with Gasteiger partial charge >= 0.3 is 0 Å². The summed E-state index contributed by atoms with van der Waals surface area (Å²) in [7, 11) is 0. The molecule has 3 nitrogen and oxygen atoms in total. The van der Waals surface area contributed by atoms with Gasteiger partial charge < -0.3 is 26.4 Å². The average Bonchev–Trinajstić information content (AvgIpc) is 2.80. The molecule has 0 saturated heterocycles. The molecule has 0 unspecified atom stereocenters. The van der Waals surface area contributed by atoms with Crippen molar-refractivity contribution in [3.05, 3.63) is 18.7 Å². The van der Waals surface area contributed by atoms with Crippen molar-refractivity contribution in [2.75, 3.05) is 26.2 Å². The van der Waals surface area contributed by atoms with Crippen molar-refractivity contribution in [3.63, 3.8) is 0 Å². The lowest BCUT2D eigenvalue weighted by molar-refractivity contribution is -0.921. The van der Waals surface area contributed by atoms with Crippen LogP contribution in [0.4, 0.5) is 0 Å². The molecule has 1 aromatic rings. The fourth-order valence-electron chi connectivity index (χ4n) is 1.56. The Balaban J connectivity index is 0. The van der Waals surface area contributed by atoms with Crippen LogP contribution in [0.1, 0.15) is 27.7 Å². The molecule has 0 bridgehead atoms. The highest BCUT2D eigenvalue weighted by Crippen LogP contribution is 2.03. The Labute approximate surface area is 104 Å². The fraction of sp³-hybridized carbons (Fsp3) is 0.727. The first kappa shape index (κ1) is 17.1. The van der Waals surface area contributed by atoms with Gasteiger partial charge in [0, 0.05) is 12.4 Å². The third kappa shape index (κ3) is 6.68. The van der Waals surface area contributed by atoms with Crippen LogP contribution in [0.25, 0.3) is 0 Å². The summed E-state index contributed by atoms with van der Waals surface area (Å²) in [5.41, 5.74) is 0. The number of H-pyrrole nitrogens is 1. The van der Waals surface area contributed by atoms with E-state index in [-0.39, 0.29) is 17.0 Å². The van der Waals surface area contributed by atoms with E-state index in [0.717, 1.165) is 0 Å². The second kappa shape index (κ2) is 10.2. The van der Waals surface area contributed by atoms with E-state index in [1.807, 2.05) is 0 Å². The van der Waals surface area contributed by atoms with Crippen LogP contribution >= 0.6 is 0 Å². The molecule has 0 saturated carbocycles. The smallest absolute Gasteiger partial charge is 0.0919 e. The van der Waals surface area contributed by atoms with E-state index in [0.29, 0.717) is 0 Å². The van der Waals surface area contributed by atoms with Crippen molar-refractivity contribution in [2.24, 2.45) is 0 Å². The Kier molecular flexibility index (Phi) is 11.6. The third-order valence-electron chi connectivity index (χ3n) is 3.09. The quantitative estimate of drug-likeness (QED) is 0.725. The van der Waals surface area contributed by atoms with Crippen molar-refractivity contribution in [1.29, 1.82) is 0 Å². The number of imidazole rings is 1. The summed E-state index contributed by atoms with van der Waals surface area (Å²) in [5, 5.41) is 0. The Morgan fingerprint density at radius 1 is 1.00 bits per heavy atom. The van der Waals surface area contributed by atoms with Gasteiger partial charge in [-0.05, 0) is 27.7 Å². The summed E-state index contributed by atoms with van der Waals surface area (Å²) < 4.78 is 1.28. The van der Waals surface area contributed by atoms with Crippen molar-refractivity contribution >= 4 is 0 Å². The fourth-order valence-corrected chi connectivity index (χ4v) is 1.56. The summed E-state index contributed by atoms with van der Waals surface area (Å²) in [6.45, 7) is 14.2. The summed E-state index contributed by atoms with van der Waals surface area (Å²) in [6, 6.07) is 0. The van der Waals surface area contributed by atoms with Crippen LogP contribution in [0.5, 0.6) is 0 Å². The molecule has 0 atom stereocenters. The first-order chi connectivity index (χ1) is 6.74. The van der Waals surface area contributed by atoms with Gasteiger partial charge in [-0.2, -0.15) is 0 Å². The molecule has 15 heavy (non-hydrogen) atoms. The van der Waals surface area contributed by atoms with Crippen LogP contribution < -0.4 is 17.0 Å². The summed E-state index contributed by atoms with van der Waals surface area (Å²) in [5.74, 6) is 0. The number of nitrogens with one attached hydrogen (secondary N) is 1. The highest BCUT2D eigenvalue weighted by molar-refractivity contribution is 4.64. The van der Waals surface area contributed by atoms with Gasteiger partial charge in [0.1, 0.15) is 0 Å². The second-order valence-electron chi connectivity index (χ2n) is 3.37. The van der Waals surface area contributed by atoms with Crippen LogP contribution in [0.3, 0.4) is 0 Å². The molecule has 0 spiro atoms. The molecule has 0 aromatic carbocycles. The van der Waals surface area contributed by atoms with Gasteiger partial charge in [-0.25, -0.2) is 4.98 Å². The van der Waals surface area contributed by atoms with E-state index in [2.05, 4.69) is 37.7 Å². The molecule has 0 aliphatic heterocycles. The molecule has 0 amide bonds. The van der Waals surface area contributed by atoms with Gasteiger partial charge in [-0.1, -0.05) is 0 Å². The van der Waals surface area contributed by atoms with Crippen molar-refractivity contribution in [2.45, 2.75) is 27.7 Å². The normalized spacial score (nSPS) is 9.87. The number of rotatable bonds is 4. The Morgan fingerprint density at radius 3 is 1.53 bits per heavy atom. The monoisotopic (exact) mass is 277 g/mol. The third-order valence-corrected chi connectivity index (χ3v) is 3.09. The number of quaternary nitrogens is 1. The number of aromatic nitrogens is 2. The lowest BCUT2D eigenvalue weighted by Gasteiger charge is -2.34. The van der Waals surface area contributed by atoms with Gasteiger partial charge in [0.15, 0.2) is 0 Å². The highest BCUT2D eigenvalue weighted by Gasteiger charge is 2.16. The molecule has 0 radical (unpaired) electrons. The maximum atomic E-state index is 3.67. The lowest BCUT2D eigenvalue weighted by atomic mass is 10.3. The van der Waals surface area contributed by atoms with Crippen molar-refractivity contribution in [1.82, 2.24) is 9.97 Å². The first-order valence-corrected chi connectivity index (χ1v) is 5.52. The van der Waals surface area contributed by atoms with Gasteiger partial charge in [0.2, 0.25) is 0 Å². The molecular formula is C11H24BrN3. The SMILES string of the molecule is CC[N+](CC)(CC)CC.[Br-].c1c[nH]cn1. The minimum Gasteiger partial charge on any atom is -1.00 e. The zero-order valence-corrected chi connectivity index (χ0v) is 11.9. The number of halogens is 1. The van der Waals surface area contributed by atoms with Gasteiger partial charge in [-0.3, -0.25) is 0 Å². The Hall–Kier alpha value is -0.350. The van der Waals surface area contributed by atoms with Crippen LogP contribution in [0.15, 0.2) is 18.7 Å². The largest absolute Gasteiger partial charge is 1.00 e. The van der Waals surface area contributed by atoms with E-state index in [9.17, 15) is 0 Å². The van der Waals surface area contributed by atoms with E-state index >= 15 is 0 Å². The van der Waals surface area contributed by atoms with Gasteiger partial charge in [-0.15, -0.1) is 0 Å². The molecule has 0 aliphatic carbocycles. The minimum absolute atomic E-state index is 0. The molecule has 0 fully saturated rings. The Morgan fingerprint density at radius 2 is 1.47 bits per heavy atom. The van der Waals surface area contributed by atoms with Crippen LogP contribution in [0.2, 0.25) is 0 Å². The molecule has 1 rings (SSSR count). The minimum atomic E-state index is 0. The number of aromatic amines is 1. The maximum absolute atomic E-state index is 3.67. The molecule has 0 aliphatic rings. The molecule has 1 N–H and O–H groups in total. The van der Waals surface area contributed by atoms with Gasteiger partial charge in [0.05, 0.1) is 32.5 Å². The topological polar surface area (TPSA) is 28.7 Å². The number of hydrogen-bond donors (Lipinski definition) is 1. The van der Waals surface area contributed by atoms with Crippen molar-refractivity contribution in [3.8, 4) is 0 Å². The second-order valence-corrected chi connectivity index (χ2v) is 3.37. The molecule has 1 aromatic heterocycles. The Bertz CT molecular complexity index is 161. The first-order valence-electron chi connectivity index (χ1n) is 5.52. The maximum Gasteiger partial charge on any atom is 0.0919 e. The molecular weight excluding hydrogens is 254 g/mol. The van der Waals surface area contributed by atoms with Gasteiger partial charge in [0.25, 0.3) is 0 Å². The number of nitrogens with zero attached hydrogens (tertiary/aromatic N) is 2. The standard InChI is InChI=1S/C8H20N.C3H4N2.BrH/c1-5-9(6-2,7-3)8-4;1-2-5-3-4-1;/h5-8H2,1-4H3;1-3H,(H,4,5);1H/q+1;;/p-1. The van der Waals surface area contributed by atoms with E-state index in [1.54, 1.807) is 18.7 Å². The molecule has 4 heteroatoms. The highest BCUT2D eigenvalue weighted by atomic mass is 79.9. The van der Waals surface area contributed by atoms with Crippen molar-refractivity contribution < 1.29 is 21.5 Å². The van der Waals surface area contributed by atoms with E-state index < -0.39 is 0 Å². The van der Waals surface area contributed by atoms with E-state index in [4.69, 9.17) is 0 Å². The zero-order chi connectivity index (χ0) is 10.9. The molecule has 90 valence electrons. The molecule has 1 heterocycles. The predicted molar refractivity (Wildman–Crippen MR) is 61.0 cm³/mol. The summed E-state index contributed by atoms with van der Waals surface area (Å²) >= 11 is 0. The predicted octanol–water partition coefficient (Wildman–Crippen LogP) is -0.703. The summed E-state index contributed by atoms with van der Waals surface area (Å²) in [4.78, 5) is 6.42. The average molecular weight is 278 g/mol. The van der Waals surface area contributed by atoms with Crippen LogP contribution in [-0.2, 0) is 0 Å². The van der Waals surface area contributed by atoms with E-state index in [1.165, 1.54) is 30.7 Å². The number of hydrogen-bond acceptors (Lipinski definition) is 1.